The van der Waals surface area contributed by atoms with Crippen molar-refractivity contribution in [3.8, 4) is 0 Å². The van der Waals surface area contributed by atoms with Gasteiger partial charge in [0.15, 0.2) is 6.29 Å². The topological polar surface area (TPSA) is 29.4 Å². The summed E-state index contributed by atoms with van der Waals surface area (Å²) < 4.78 is 0. The molecule has 0 aliphatic heterocycles. The van der Waals surface area contributed by atoms with E-state index in [1.54, 1.807) is 0 Å². The van der Waals surface area contributed by atoms with Gasteiger partial charge in [-0.05, 0) is 25.7 Å². The van der Waals surface area contributed by atoms with Gasteiger partial charge in [-0.3, -0.25) is 9.79 Å². The number of carbonyl (C=O) groups is 1. The van der Waals surface area contributed by atoms with Crippen LogP contribution in [0.25, 0.3) is 0 Å². The molecule has 0 aromatic heterocycles. The average Bonchev–Trinajstić information content (AvgIpc) is 2.69. The summed E-state index contributed by atoms with van der Waals surface area (Å²) in [4.78, 5) is 14.9. The third-order valence-corrected chi connectivity index (χ3v) is 2.39. The zero-order chi connectivity index (χ0) is 10.4. The first-order valence-electron chi connectivity index (χ1n) is 5.14. The minimum Gasteiger partial charge on any atom is -0.297 e. The first-order valence-corrected chi connectivity index (χ1v) is 5.14. The van der Waals surface area contributed by atoms with Crippen LogP contribution in [0.2, 0.25) is 0 Å². The molecule has 0 heterocycles. The van der Waals surface area contributed by atoms with E-state index in [9.17, 15) is 4.79 Å². The Balaban J connectivity index is 2.58. The molecule has 1 aliphatic rings. The fraction of sp³-hybridized carbons (Fsp3) is 0.500. The molecular formula is C12H17NO. The van der Waals surface area contributed by atoms with Crippen molar-refractivity contribution in [1.82, 2.24) is 0 Å². The van der Waals surface area contributed by atoms with Crippen LogP contribution in [0.1, 0.15) is 39.0 Å². The molecule has 0 bridgehead atoms. The summed E-state index contributed by atoms with van der Waals surface area (Å²) in [5.41, 5.74) is 2.75. The maximum absolute atomic E-state index is 10.7. The molecule has 0 aromatic rings. The van der Waals surface area contributed by atoms with Crippen molar-refractivity contribution >= 4 is 12.0 Å². The van der Waals surface area contributed by atoms with Crippen LogP contribution in [0.4, 0.5) is 0 Å². The molecule has 1 rings (SSSR count). The molecular weight excluding hydrogens is 174 g/mol. The number of hydrogen-bond donors (Lipinski definition) is 0. The summed E-state index contributed by atoms with van der Waals surface area (Å²) in [6, 6.07) is 0. The maximum atomic E-state index is 10.7. The molecule has 76 valence electrons. The molecule has 0 unspecified atom stereocenters. The molecule has 0 fully saturated rings. The normalized spacial score (nSPS) is 16.6. The molecule has 0 atom stereocenters. The van der Waals surface area contributed by atoms with Crippen LogP contribution in [0.3, 0.4) is 0 Å². The van der Waals surface area contributed by atoms with Gasteiger partial charge in [-0.15, -0.1) is 0 Å². The Bertz CT molecular complexity index is 287. The first kappa shape index (κ1) is 10.9. The van der Waals surface area contributed by atoms with Crippen molar-refractivity contribution in [3.05, 3.63) is 23.9 Å². The van der Waals surface area contributed by atoms with E-state index in [4.69, 9.17) is 0 Å². The Kier molecular flexibility index (Phi) is 4.30. The predicted octanol–water partition coefficient (Wildman–Crippen LogP) is 3.05. The zero-order valence-corrected chi connectivity index (χ0v) is 8.75. The first-order chi connectivity index (χ1) is 6.76. The summed E-state index contributed by atoms with van der Waals surface area (Å²) in [6.07, 6.45) is 8.06. The van der Waals surface area contributed by atoms with Crippen LogP contribution in [0.15, 0.2) is 28.9 Å². The Morgan fingerprint density at radius 2 is 2.50 bits per heavy atom. The van der Waals surface area contributed by atoms with Crippen LogP contribution in [-0.2, 0) is 4.79 Å². The minimum atomic E-state index is 0.616. The van der Waals surface area contributed by atoms with Crippen molar-refractivity contribution in [3.63, 3.8) is 0 Å². The smallest absolute Gasteiger partial charge is 0.164 e. The Morgan fingerprint density at radius 1 is 1.71 bits per heavy atom. The summed E-state index contributed by atoms with van der Waals surface area (Å²) in [5, 5.41) is 0. The Morgan fingerprint density at radius 3 is 3.00 bits per heavy atom. The number of aldehydes is 1. The number of carbonyl (C=O) groups excluding carboxylic acids is 1. The monoisotopic (exact) mass is 191 g/mol. The van der Waals surface area contributed by atoms with E-state index in [0.29, 0.717) is 12.1 Å². The highest BCUT2D eigenvalue weighted by Crippen LogP contribution is 2.21. The lowest BCUT2D eigenvalue weighted by molar-refractivity contribution is -0.102. The van der Waals surface area contributed by atoms with Gasteiger partial charge in [0.05, 0.1) is 5.71 Å². The van der Waals surface area contributed by atoms with E-state index in [-0.39, 0.29) is 0 Å². The van der Waals surface area contributed by atoms with E-state index in [0.717, 1.165) is 31.2 Å². The van der Waals surface area contributed by atoms with Crippen LogP contribution in [-0.4, -0.2) is 12.0 Å². The average molecular weight is 191 g/mol. The van der Waals surface area contributed by atoms with Gasteiger partial charge < -0.3 is 0 Å². The fourth-order valence-electron chi connectivity index (χ4n) is 1.52. The van der Waals surface area contributed by atoms with Crippen molar-refractivity contribution in [2.24, 2.45) is 4.99 Å². The number of hydrogen-bond acceptors (Lipinski definition) is 2. The SMILES string of the molecule is C=C(CC)N=C(C=O)CC1=CCCC1. The van der Waals surface area contributed by atoms with E-state index in [2.05, 4.69) is 17.6 Å². The minimum absolute atomic E-state index is 0.616. The van der Waals surface area contributed by atoms with E-state index >= 15 is 0 Å². The standard InChI is InChI=1S/C12H17NO/c1-3-10(2)13-12(9-14)8-11-6-4-5-7-11/h6,9H,2-5,7-8H2,1H3. The Labute approximate surface area is 85.4 Å². The molecule has 0 N–H and O–H groups in total. The molecule has 14 heavy (non-hydrogen) atoms. The van der Waals surface area contributed by atoms with Crippen LogP contribution < -0.4 is 0 Å². The van der Waals surface area contributed by atoms with Crippen LogP contribution in [0.5, 0.6) is 0 Å². The van der Waals surface area contributed by atoms with Crippen LogP contribution in [0, 0.1) is 0 Å². The van der Waals surface area contributed by atoms with Crippen molar-refractivity contribution in [1.29, 1.82) is 0 Å². The van der Waals surface area contributed by atoms with Crippen molar-refractivity contribution in [2.75, 3.05) is 0 Å². The third kappa shape index (κ3) is 3.29. The van der Waals surface area contributed by atoms with Crippen molar-refractivity contribution < 1.29 is 4.79 Å². The fourth-order valence-corrected chi connectivity index (χ4v) is 1.52. The number of aliphatic imine (C=N–C) groups is 1. The van der Waals surface area contributed by atoms with Gasteiger partial charge in [-0.25, -0.2) is 0 Å². The number of nitrogens with zero attached hydrogens (tertiary/aromatic N) is 1. The lowest BCUT2D eigenvalue weighted by atomic mass is 10.1. The quantitative estimate of drug-likeness (QED) is 0.373. The van der Waals surface area contributed by atoms with Crippen molar-refractivity contribution in [2.45, 2.75) is 39.0 Å². The lowest BCUT2D eigenvalue weighted by Gasteiger charge is -2.01. The van der Waals surface area contributed by atoms with Gasteiger partial charge in [0.1, 0.15) is 0 Å². The summed E-state index contributed by atoms with van der Waals surface area (Å²) in [6.45, 7) is 5.76. The highest BCUT2D eigenvalue weighted by atomic mass is 16.1. The van der Waals surface area contributed by atoms with Gasteiger partial charge >= 0.3 is 0 Å². The maximum Gasteiger partial charge on any atom is 0.164 e. The van der Waals surface area contributed by atoms with Gasteiger partial charge in [0, 0.05) is 12.1 Å². The Hall–Kier alpha value is -1.18. The second-order valence-corrected chi connectivity index (χ2v) is 3.57. The number of rotatable bonds is 5. The molecule has 2 nitrogen and oxygen atoms in total. The summed E-state index contributed by atoms with van der Waals surface area (Å²) in [7, 11) is 0. The molecule has 0 saturated heterocycles. The van der Waals surface area contributed by atoms with E-state index < -0.39 is 0 Å². The molecule has 0 amide bonds. The number of allylic oxidation sites excluding steroid dienone is 3. The van der Waals surface area contributed by atoms with Crippen LogP contribution >= 0.6 is 0 Å². The largest absolute Gasteiger partial charge is 0.297 e. The predicted molar refractivity (Wildman–Crippen MR) is 59.5 cm³/mol. The second kappa shape index (κ2) is 5.53. The second-order valence-electron chi connectivity index (χ2n) is 3.57. The summed E-state index contributed by atoms with van der Waals surface area (Å²) >= 11 is 0. The molecule has 0 saturated carbocycles. The van der Waals surface area contributed by atoms with E-state index in [1.807, 2.05) is 6.92 Å². The van der Waals surface area contributed by atoms with Gasteiger partial charge in [-0.2, -0.15) is 0 Å². The lowest BCUT2D eigenvalue weighted by Crippen LogP contribution is -2.01. The summed E-state index contributed by atoms with van der Waals surface area (Å²) in [5.74, 6) is 0. The molecule has 1 aliphatic carbocycles. The zero-order valence-electron chi connectivity index (χ0n) is 8.75. The molecule has 2 heteroatoms. The van der Waals surface area contributed by atoms with Gasteiger partial charge in [0.25, 0.3) is 0 Å². The highest BCUT2D eigenvalue weighted by molar-refractivity contribution is 6.29. The molecule has 0 spiro atoms. The molecule has 0 radical (unpaired) electrons. The highest BCUT2D eigenvalue weighted by Gasteiger charge is 2.07. The molecule has 0 aromatic carbocycles. The van der Waals surface area contributed by atoms with E-state index in [1.165, 1.54) is 12.0 Å². The van der Waals surface area contributed by atoms with Gasteiger partial charge in [0.2, 0.25) is 0 Å². The van der Waals surface area contributed by atoms with Gasteiger partial charge in [-0.1, -0.05) is 25.2 Å². The third-order valence-electron chi connectivity index (χ3n) is 2.39.